The third kappa shape index (κ3) is 5.19. The topological polar surface area (TPSA) is 112 Å². The Morgan fingerprint density at radius 1 is 1.35 bits per heavy atom. The van der Waals surface area contributed by atoms with Crippen LogP contribution in [0, 0.1) is 0 Å². The zero-order chi connectivity index (χ0) is 14.9. The molecule has 0 saturated carbocycles. The molecule has 0 radical (unpaired) electrons. The van der Waals surface area contributed by atoms with Gasteiger partial charge in [-0.3, -0.25) is 9.12 Å². The van der Waals surface area contributed by atoms with Crippen LogP contribution in [0.15, 0.2) is 0 Å². The zero-order valence-corrected chi connectivity index (χ0v) is 15.5. The van der Waals surface area contributed by atoms with Gasteiger partial charge in [-0.15, -0.1) is 0 Å². The molecule has 0 aromatic heterocycles. The molecule has 0 aromatic carbocycles. The summed E-state index contributed by atoms with van der Waals surface area (Å²) in [5.41, 5.74) is 0. The van der Waals surface area contributed by atoms with Crippen molar-refractivity contribution in [3.63, 3.8) is 0 Å². The third-order valence-corrected chi connectivity index (χ3v) is 7.72. The maximum atomic E-state index is 11.3. The summed E-state index contributed by atoms with van der Waals surface area (Å²) >= 11 is 0. The normalized spacial score (nSPS) is 29.6. The van der Waals surface area contributed by atoms with Gasteiger partial charge in [0.15, 0.2) is 4.99 Å². The maximum Gasteiger partial charge on any atom is 0.346 e. The summed E-state index contributed by atoms with van der Waals surface area (Å²) in [5, 5.41) is 0. The summed E-state index contributed by atoms with van der Waals surface area (Å²) in [6.07, 6.45) is 2.45. The van der Waals surface area contributed by atoms with Gasteiger partial charge in [-0.05, 0) is 26.2 Å². The van der Waals surface area contributed by atoms with Crippen LogP contribution in [0.3, 0.4) is 0 Å². The second-order valence-corrected chi connectivity index (χ2v) is 9.21. The molecule has 122 valence electrons. The Bertz CT molecular complexity index is 466. The third-order valence-electron chi connectivity index (χ3n) is 4.25. The van der Waals surface area contributed by atoms with Crippen LogP contribution < -0.4 is 24.0 Å². The van der Waals surface area contributed by atoms with Gasteiger partial charge in [0.05, 0.1) is 26.2 Å². The molecule has 3 N–H and O–H groups in total. The van der Waals surface area contributed by atoms with E-state index in [-0.39, 0.29) is 36.4 Å². The molecule has 1 fully saturated rings. The predicted molar refractivity (Wildman–Crippen MR) is 71.2 cm³/mol. The summed E-state index contributed by atoms with van der Waals surface area (Å²) in [6, 6.07) is -0.154. The molecule has 0 amide bonds. The number of hydrogen-bond donors (Lipinski definition) is 3. The summed E-state index contributed by atoms with van der Waals surface area (Å²) < 4.78 is 43.4. The number of nitrogens with zero attached hydrogens (tertiary/aromatic N) is 1. The summed E-state index contributed by atoms with van der Waals surface area (Å²) in [5.74, 6) is 0. The summed E-state index contributed by atoms with van der Waals surface area (Å²) in [6.45, 7) is 3.60. The maximum absolute atomic E-state index is 11.3. The average molecular weight is 443 g/mol. The fraction of sp³-hybridized carbons (Fsp3) is 1.00. The van der Waals surface area contributed by atoms with Gasteiger partial charge >= 0.3 is 7.60 Å². The van der Waals surface area contributed by atoms with Crippen LogP contribution in [0.5, 0.6) is 0 Å². The highest BCUT2D eigenvalue weighted by atomic mass is 127. The van der Waals surface area contributed by atoms with Crippen molar-refractivity contribution >= 4 is 17.7 Å². The molecule has 1 aliphatic rings. The lowest BCUT2D eigenvalue weighted by molar-refractivity contribution is -0.936. The van der Waals surface area contributed by atoms with Gasteiger partial charge in [0.25, 0.3) is 10.1 Å². The highest BCUT2D eigenvalue weighted by Crippen LogP contribution is 2.47. The minimum atomic E-state index is -4.88. The fourth-order valence-electron chi connectivity index (χ4n) is 2.80. The van der Waals surface area contributed by atoms with Crippen LogP contribution in [-0.2, 0) is 14.7 Å². The molecule has 10 heteroatoms. The number of piperidine rings is 1. The van der Waals surface area contributed by atoms with Crippen LogP contribution in [0.4, 0.5) is 0 Å². The van der Waals surface area contributed by atoms with Crippen LogP contribution >= 0.6 is 7.60 Å². The minimum absolute atomic E-state index is 0. The van der Waals surface area contributed by atoms with Gasteiger partial charge in [-0.2, -0.15) is 8.42 Å². The molecule has 0 spiro atoms. The molecular formula is C10H23INO6PS. The first-order chi connectivity index (χ1) is 8.50. The van der Waals surface area contributed by atoms with Crippen molar-refractivity contribution in [2.45, 2.75) is 43.6 Å². The van der Waals surface area contributed by atoms with Gasteiger partial charge in [0.1, 0.15) is 0 Å². The van der Waals surface area contributed by atoms with Gasteiger partial charge in [-0.1, -0.05) is 0 Å². The van der Waals surface area contributed by atoms with E-state index in [9.17, 15) is 13.0 Å². The Morgan fingerprint density at radius 3 is 2.30 bits per heavy atom. The van der Waals surface area contributed by atoms with Crippen molar-refractivity contribution in [3.05, 3.63) is 0 Å². The van der Waals surface area contributed by atoms with E-state index in [0.717, 1.165) is 32.4 Å². The number of rotatable bonds is 5. The first-order valence-corrected chi connectivity index (χ1v) is 9.55. The smallest absolute Gasteiger partial charge is 0.346 e. The van der Waals surface area contributed by atoms with Crippen LogP contribution in [-0.4, -0.2) is 58.4 Å². The zero-order valence-electron chi connectivity index (χ0n) is 11.6. The molecular weight excluding hydrogens is 420 g/mol. The van der Waals surface area contributed by atoms with Crippen LogP contribution in [0.25, 0.3) is 0 Å². The SMILES string of the molecule is CC[N+]1(C)CCCCC1CC(P(=O)(O)O)S(=O)(=O)O.[I-]. The fourth-order valence-corrected chi connectivity index (χ4v) is 5.17. The molecule has 1 rings (SSSR count). The van der Waals surface area contributed by atoms with E-state index >= 15 is 0 Å². The Balaban J connectivity index is 0.00000361. The number of likely N-dealkylation sites (tertiary alicyclic amines) is 1. The Morgan fingerprint density at radius 2 is 1.90 bits per heavy atom. The molecule has 1 aliphatic heterocycles. The lowest BCUT2D eigenvalue weighted by Crippen LogP contribution is -3.00. The minimum Gasteiger partial charge on any atom is -1.00 e. The molecule has 1 heterocycles. The first-order valence-electron chi connectivity index (χ1n) is 6.36. The molecule has 0 aromatic rings. The molecule has 20 heavy (non-hydrogen) atoms. The molecule has 3 atom stereocenters. The van der Waals surface area contributed by atoms with Crippen molar-refractivity contribution in [2.75, 3.05) is 20.1 Å². The van der Waals surface area contributed by atoms with E-state index in [0.29, 0.717) is 4.48 Å². The molecule has 0 aliphatic carbocycles. The highest BCUT2D eigenvalue weighted by molar-refractivity contribution is 7.93. The molecule has 3 unspecified atom stereocenters. The van der Waals surface area contributed by atoms with Crippen molar-refractivity contribution in [1.82, 2.24) is 0 Å². The largest absolute Gasteiger partial charge is 1.00 e. The molecule has 1 saturated heterocycles. The highest BCUT2D eigenvalue weighted by Gasteiger charge is 2.46. The Hall–Kier alpha value is 0.750. The van der Waals surface area contributed by atoms with Crippen molar-refractivity contribution in [1.29, 1.82) is 0 Å². The van der Waals surface area contributed by atoms with Gasteiger partial charge in [0, 0.05) is 6.42 Å². The molecule has 0 bridgehead atoms. The second-order valence-electron chi connectivity index (χ2n) is 5.46. The number of halogens is 1. The quantitative estimate of drug-likeness (QED) is 0.192. The van der Waals surface area contributed by atoms with Crippen molar-refractivity contribution in [3.8, 4) is 0 Å². The van der Waals surface area contributed by atoms with Gasteiger partial charge in [-0.25, -0.2) is 0 Å². The van der Waals surface area contributed by atoms with E-state index in [1.54, 1.807) is 0 Å². The van der Waals surface area contributed by atoms with Crippen molar-refractivity contribution in [2.24, 2.45) is 0 Å². The Kier molecular flexibility index (Phi) is 7.62. The van der Waals surface area contributed by atoms with Crippen LogP contribution in [0.2, 0.25) is 0 Å². The standard InChI is InChI=1S/C10H22NO6PS.HI/c1-3-11(2)7-5-4-6-9(11)8-10(18(12,13)14)19(15,16)17;/h9-10H,3-8H2,1-2H3,(H2-,12,13,14,15,16,17);1H. The lowest BCUT2D eigenvalue weighted by atomic mass is 9.97. The predicted octanol–water partition coefficient (Wildman–Crippen LogP) is -2.21. The van der Waals surface area contributed by atoms with Gasteiger partial charge in [0.2, 0.25) is 0 Å². The Labute approximate surface area is 137 Å². The monoisotopic (exact) mass is 443 g/mol. The summed E-state index contributed by atoms with van der Waals surface area (Å²) in [7, 11) is -7.67. The van der Waals surface area contributed by atoms with E-state index in [1.165, 1.54) is 0 Å². The first kappa shape index (κ1) is 20.8. The second kappa shape index (κ2) is 7.34. The lowest BCUT2D eigenvalue weighted by Gasteiger charge is -2.45. The average Bonchev–Trinajstić information content (AvgIpc) is 2.24. The van der Waals surface area contributed by atoms with E-state index in [1.807, 2.05) is 14.0 Å². The molecule has 7 nitrogen and oxygen atoms in total. The van der Waals surface area contributed by atoms with Crippen LogP contribution in [0.1, 0.15) is 32.6 Å². The number of quaternary nitrogens is 1. The number of hydrogen-bond acceptors (Lipinski definition) is 3. The summed E-state index contributed by atoms with van der Waals surface area (Å²) in [4.78, 5) is 16.3. The van der Waals surface area contributed by atoms with Crippen molar-refractivity contribution < 1.29 is 55.8 Å². The van der Waals surface area contributed by atoms with Gasteiger partial charge < -0.3 is 38.2 Å². The van der Waals surface area contributed by atoms with E-state index in [4.69, 9.17) is 14.3 Å². The van der Waals surface area contributed by atoms with E-state index in [2.05, 4.69) is 0 Å². The van der Waals surface area contributed by atoms with E-state index < -0.39 is 22.7 Å².